The van der Waals surface area contributed by atoms with Crippen LogP contribution >= 0.6 is 11.6 Å². The second-order valence-electron chi connectivity index (χ2n) is 4.92. The molecule has 3 aromatic rings. The molecule has 0 N–H and O–H groups in total. The van der Waals surface area contributed by atoms with Crippen molar-refractivity contribution in [1.29, 1.82) is 0 Å². The van der Waals surface area contributed by atoms with Gasteiger partial charge in [0.25, 0.3) is 0 Å². The second-order valence-corrected chi connectivity index (χ2v) is 5.32. The number of carbonyl (C=O) groups is 1. The van der Waals surface area contributed by atoms with Gasteiger partial charge in [-0.1, -0.05) is 11.6 Å². The van der Waals surface area contributed by atoms with Crippen LogP contribution in [0.15, 0.2) is 12.3 Å². The van der Waals surface area contributed by atoms with Crippen molar-refractivity contribution in [2.45, 2.75) is 13.8 Å². The maximum Gasteiger partial charge on any atom is 0.356 e. The summed E-state index contributed by atoms with van der Waals surface area (Å²) in [6.45, 7) is 3.83. The van der Waals surface area contributed by atoms with Crippen molar-refractivity contribution in [2.24, 2.45) is 7.05 Å². The molecule has 0 amide bonds. The first-order valence-electron chi connectivity index (χ1n) is 6.57. The van der Waals surface area contributed by atoms with Gasteiger partial charge >= 0.3 is 5.97 Å². The molecule has 0 saturated heterocycles. The Morgan fingerprint density at radius 2 is 2.09 bits per heavy atom. The van der Waals surface area contributed by atoms with E-state index in [1.807, 2.05) is 20.9 Å². The van der Waals surface area contributed by atoms with E-state index in [9.17, 15) is 4.79 Å². The summed E-state index contributed by atoms with van der Waals surface area (Å²) in [7, 11) is 3.18. The summed E-state index contributed by atoms with van der Waals surface area (Å²) in [5.74, 6) is -0.507. The maximum absolute atomic E-state index is 12.0. The third-order valence-electron chi connectivity index (χ3n) is 3.59. The van der Waals surface area contributed by atoms with Gasteiger partial charge in [0.1, 0.15) is 5.02 Å². The highest BCUT2D eigenvalue weighted by atomic mass is 35.5. The molecule has 7 nitrogen and oxygen atoms in total. The minimum absolute atomic E-state index is 0.261. The topological polar surface area (TPSA) is 74.3 Å². The molecule has 0 atom stereocenters. The van der Waals surface area contributed by atoms with E-state index in [-0.39, 0.29) is 5.69 Å². The monoisotopic (exact) mass is 319 g/mol. The van der Waals surface area contributed by atoms with Crippen molar-refractivity contribution in [3.63, 3.8) is 0 Å². The number of aryl methyl sites for hydroxylation is 2. The van der Waals surface area contributed by atoms with Gasteiger partial charge in [-0.15, -0.1) is 0 Å². The Kier molecular flexibility index (Phi) is 3.37. The summed E-state index contributed by atoms with van der Waals surface area (Å²) < 4.78 is 7.96. The SMILES string of the molecule is COC(=O)c1cc(-c2c(C)nn(C)c2C)nc2c(Cl)cnn12. The fraction of sp³-hybridized carbons (Fsp3) is 0.286. The molecule has 8 heteroatoms. The molecule has 0 aliphatic rings. The van der Waals surface area contributed by atoms with Crippen molar-refractivity contribution in [3.05, 3.63) is 34.4 Å². The first-order valence-corrected chi connectivity index (χ1v) is 6.95. The van der Waals surface area contributed by atoms with Crippen molar-refractivity contribution < 1.29 is 9.53 Å². The Labute approximate surface area is 131 Å². The zero-order valence-electron chi connectivity index (χ0n) is 12.6. The zero-order valence-corrected chi connectivity index (χ0v) is 13.3. The quantitative estimate of drug-likeness (QED) is 0.677. The fourth-order valence-corrected chi connectivity index (χ4v) is 2.62. The third kappa shape index (κ3) is 2.05. The first-order chi connectivity index (χ1) is 10.4. The highest BCUT2D eigenvalue weighted by Gasteiger charge is 2.20. The van der Waals surface area contributed by atoms with E-state index < -0.39 is 5.97 Å². The van der Waals surface area contributed by atoms with Gasteiger partial charge in [0, 0.05) is 18.3 Å². The predicted molar refractivity (Wildman–Crippen MR) is 81.0 cm³/mol. The molecule has 0 unspecified atom stereocenters. The molecule has 3 heterocycles. The van der Waals surface area contributed by atoms with Gasteiger partial charge in [-0.05, 0) is 19.9 Å². The van der Waals surface area contributed by atoms with Crippen molar-refractivity contribution in [2.75, 3.05) is 7.11 Å². The molecule has 0 spiro atoms. The Bertz CT molecular complexity index is 896. The van der Waals surface area contributed by atoms with Gasteiger partial charge in [0.2, 0.25) is 0 Å². The molecule has 114 valence electrons. The Balaban J connectivity index is 2.35. The molecular formula is C14H14ClN5O2. The van der Waals surface area contributed by atoms with Crippen LogP contribution < -0.4 is 0 Å². The van der Waals surface area contributed by atoms with E-state index in [0.29, 0.717) is 16.4 Å². The van der Waals surface area contributed by atoms with Crippen LogP contribution in [0, 0.1) is 13.8 Å². The van der Waals surface area contributed by atoms with Crippen LogP contribution in [0.1, 0.15) is 21.9 Å². The van der Waals surface area contributed by atoms with E-state index in [2.05, 4.69) is 15.2 Å². The fourth-order valence-electron chi connectivity index (χ4n) is 2.46. The van der Waals surface area contributed by atoms with Crippen LogP contribution in [0.25, 0.3) is 16.9 Å². The number of hydrogen-bond donors (Lipinski definition) is 0. The Morgan fingerprint density at radius 1 is 1.36 bits per heavy atom. The molecule has 0 aliphatic carbocycles. The molecule has 0 aliphatic heterocycles. The van der Waals surface area contributed by atoms with Crippen LogP contribution in [0.3, 0.4) is 0 Å². The van der Waals surface area contributed by atoms with Crippen LogP contribution in [0.5, 0.6) is 0 Å². The number of nitrogens with zero attached hydrogens (tertiary/aromatic N) is 5. The number of ether oxygens (including phenoxy) is 1. The Hall–Kier alpha value is -2.41. The second kappa shape index (κ2) is 5.10. The van der Waals surface area contributed by atoms with Gasteiger partial charge in [-0.25, -0.2) is 14.3 Å². The van der Waals surface area contributed by atoms with Crippen molar-refractivity contribution >= 4 is 23.2 Å². The lowest BCUT2D eigenvalue weighted by molar-refractivity contribution is 0.0590. The van der Waals surface area contributed by atoms with Gasteiger partial charge in [0.15, 0.2) is 11.3 Å². The number of fused-ring (bicyclic) bond motifs is 1. The number of rotatable bonds is 2. The maximum atomic E-state index is 12.0. The van der Waals surface area contributed by atoms with Crippen LogP contribution in [0.4, 0.5) is 0 Å². The standard InChI is InChI=1S/C14H14ClN5O2/c1-7-12(8(2)19(3)18-7)10-5-11(14(21)22-4)20-13(17-10)9(15)6-16-20/h5-6H,1-4H3. The molecule has 22 heavy (non-hydrogen) atoms. The molecule has 3 aromatic heterocycles. The van der Waals surface area contributed by atoms with Gasteiger partial charge in [0.05, 0.1) is 24.7 Å². The average Bonchev–Trinajstić information content (AvgIpc) is 2.98. The lowest BCUT2D eigenvalue weighted by Crippen LogP contribution is -2.10. The first kappa shape index (κ1) is 14.5. The number of esters is 1. The van der Waals surface area contributed by atoms with E-state index in [4.69, 9.17) is 16.3 Å². The van der Waals surface area contributed by atoms with E-state index in [1.54, 1.807) is 10.7 Å². The van der Waals surface area contributed by atoms with Crippen LogP contribution in [-0.4, -0.2) is 37.5 Å². The Morgan fingerprint density at radius 3 is 2.68 bits per heavy atom. The molecule has 3 rings (SSSR count). The summed E-state index contributed by atoms with van der Waals surface area (Å²) in [6, 6.07) is 1.64. The smallest absolute Gasteiger partial charge is 0.356 e. The summed E-state index contributed by atoms with van der Waals surface area (Å²) >= 11 is 6.12. The predicted octanol–water partition coefficient (Wildman–Crippen LogP) is 2.19. The average molecular weight is 320 g/mol. The minimum Gasteiger partial charge on any atom is -0.464 e. The van der Waals surface area contributed by atoms with E-state index >= 15 is 0 Å². The molecule has 0 saturated carbocycles. The lowest BCUT2D eigenvalue weighted by atomic mass is 10.1. The third-order valence-corrected chi connectivity index (χ3v) is 3.86. The number of carbonyl (C=O) groups excluding carboxylic acids is 1. The van der Waals surface area contributed by atoms with Gasteiger partial charge in [-0.2, -0.15) is 10.2 Å². The molecule has 0 bridgehead atoms. The number of hydrogen-bond acceptors (Lipinski definition) is 5. The minimum atomic E-state index is -0.507. The lowest BCUT2D eigenvalue weighted by Gasteiger charge is -2.07. The molecule has 0 fully saturated rings. The summed E-state index contributed by atoms with van der Waals surface area (Å²) in [5.41, 5.74) is 3.91. The number of aromatic nitrogens is 5. The van der Waals surface area contributed by atoms with Gasteiger partial charge in [-0.3, -0.25) is 4.68 Å². The van der Waals surface area contributed by atoms with Gasteiger partial charge < -0.3 is 4.74 Å². The highest BCUT2D eigenvalue weighted by molar-refractivity contribution is 6.33. The molecule has 0 aromatic carbocycles. The normalized spacial score (nSPS) is 11.1. The largest absolute Gasteiger partial charge is 0.464 e. The van der Waals surface area contributed by atoms with Crippen molar-refractivity contribution in [1.82, 2.24) is 24.4 Å². The summed E-state index contributed by atoms with van der Waals surface area (Å²) in [5, 5.41) is 8.82. The highest BCUT2D eigenvalue weighted by Crippen LogP contribution is 2.28. The molecular weight excluding hydrogens is 306 g/mol. The summed E-state index contributed by atoms with van der Waals surface area (Å²) in [6.07, 6.45) is 1.45. The van der Waals surface area contributed by atoms with E-state index in [0.717, 1.165) is 17.0 Å². The molecule has 0 radical (unpaired) electrons. The van der Waals surface area contributed by atoms with E-state index in [1.165, 1.54) is 17.8 Å². The van der Waals surface area contributed by atoms with Crippen molar-refractivity contribution in [3.8, 4) is 11.3 Å². The number of halogens is 1. The number of methoxy groups -OCH3 is 1. The van der Waals surface area contributed by atoms with Crippen LogP contribution in [-0.2, 0) is 11.8 Å². The zero-order chi connectivity index (χ0) is 16.0. The summed E-state index contributed by atoms with van der Waals surface area (Å²) in [4.78, 5) is 16.5. The van der Waals surface area contributed by atoms with Crippen LogP contribution in [0.2, 0.25) is 5.02 Å².